The average Bonchev–Trinajstić information content (AvgIpc) is 2.48. The lowest BCUT2D eigenvalue weighted by Crippen LogP contribution is -2.22. The van der Waals surface area contributed by atoms with E-state index in [0.29, 0.717) is 0 Å². The zero-order valence-electron chi connectivity index (χ0n) is 11.9. The number of carbonyl (C=O) groups is 2. The predicted octanol–water partition coefficient (Wildman–Crippen LogP) is 1.64. The lowest BCUT2D eigenvalue weighted by molar-refractivity contribution is -0.116. The van der Waals surface area contributed by atoms with Gasteiger partial charge in [0.05, 0.1) is 6.42 Å². The molecule has 0 saturated carbocycles. The molecule has 6 heteroatoms. The molecule has 0 fully saturated rings. The van der Waals surface area contributed by atoms with Gasteiger partial charge >= 0.3 is 0 Å². The molecule has 0 bridgehead atoms. The van der Waals surface area contributed by atoms with Crippen LogP contribution in [0.25, 0.3) is 0 Å². The summed E-state index contributed by atoms with van der Waals surface area (Å²) in [6.07, 6.45) is 3.35. The Hall–Kier alpha value is -2.76. The van der Waals surface area contributed by atoms with Crippen LogP contribution in [0.15, 0.2) is 42.7 Å². The number of hydrogen-bond donors (Lipinski definition) is 1. The van der Waals surface area contributed by atoms with E-state index in [-0.39, 0.29) is 24.2 Å². The minimum absolute atomic E-state index is 0.0401. The van der Waals surface area contributed by atoms with Gasteiger partial charge in [-0.2, -0.15) is 0 Å². The van der Waals surface area contributed by atoms with Gasteiger partial charge in [0.15, 0.2) is 0 Å². The maximum atomic E-state index is 11.9. The molecule has 0 saturated heterocycles. The maximum Gasteiger partial charge on any atom is 0.231 e. The summed E-state index contributed by atoms with van der Waals surface area (Å²) < 4.78 is 0. The third kappa shape index (κ3) is 4.10. The predicted molar refractivity (Wildman–Crippen MR) is 79.9 cm³/mol. The van der Waals surface area contributed by atoms with Crippen molar-refractivity contribution in [1.82, 2.24) is 9.97 Å². The molecule has 0 aliphatic rings. The highest BCUT2D eigenvalue weighted by atomic mass is 16.2. The van der Waals surface area contributed by atoms with E-state index in [2.05, 4.69) is 15.3 Å². The molecule has 1 N–H and O–H groups in total. The third-order valence-electron chi connectivity index (χ3n) is 2.98. The van der Waals surface area contributed by atoms with Gasteiger partial charge in [0.25, 0.3) is 0 Å². The van der Waals surface area contributed by atoms with Crippen LogP contribution in [0.1, 0.15) is 12.5 Å². The number of nitrogens with one attached hydrogen (secondary N) is 1. The summed E-state index contributed by atoms with van der Waals surface area (Å²) in [6, 6.07) is 8.94. The fourth-order valence-electron chi connectivity index (χ4n) is 1.74. The summed E-state index contributed by atoms with van der Waals surface area (Å²) in [5.74, 6) is 0.0611. The van der Waals surface area contributed by atoms with Crippen molar-refractivity contribution < 1.29 is 9.59 Å². The average molecular weight is 284 g/mol. The molecule has 2 aromatic rings. The van der Waals surface area contributed by atoms with Crippen molar-refractivity contribution in [1.29, 1.82) is 0 Å². The molecular formula is C15H16N4O2. The van der Waals surface area contributed by atoms with Crippen LogP contribution in [0.5, 0.6) is 0 Å². The Kier molecular flexibility index (Phi) is 4.61. The molecule has 2 rings (SSSR count). The number of anilines is 2. The monoisotopic (exact) mass is 284 g/mol. The molecule has 2 amide bonds. The summed E-state index contributed by atoms with van der Waals surface area (Å²) in [6.45, 7) is 1.50. The van der Waals surface area contributed by atoms with Crippen molar-refractivity contribution >= 4 is 23.5 Å². The number of nitrogens with zero attached hydrogens (tertiary/aromatic N) is 3. The zero-order valence-corrected chi connectivity index (χ0v) is 11.9. The van der Waals surface area contributed by atoms with Crippen LogP contribution in [0, 0.1) is 0 Å². The molecule has 108 valence electrons. The number of aromatic nitrogens is 2. The van der Waals surface area contributed by atoms with Crippen LogP contribution < -0.4 is 10.2 Å². The van der Waals surface area contributed by atoms with E-state index in [1.54, 1.807) is 30.4 Å². The maximum absolute atomic E-state index is 11.9. The Balaban J connectivity index is 1.97. The number of benzene rings is 1. The Morgan fingerprint density at radius 3 is 2.33 bits per heavy atom. The highest BCUT2D eigenvalue weighted by molar-refractivity contribution is 5.92. The first kappa shape index (κ1) is 14.6. The first-order valence-corrected chi connectivity index (χ1v) is 6.46. The lowest BCUT2D eigenvalue weighted by atomic mass is 10.1. The van der Waals surface area contributed by atoms with Crippen LogP contribution >= 0.6 is 0 Å². The molecule has 0 unspecified atom stereocenters. The normalized spacial score (nSPS) is 10.0. The van der Waals surface area contributed by atoms with Crippen LogP contribution in [-0.2, 0) is 16.0 Å². The molecule has 0 spiro atoms. The molecule has 21 heavy (non-hydrogen) atoms. The van der Waals surface area contributed by atoms with Gasteiger partial charge in [0.1, 0.15) is 0 Å². The van der Waals surface area contributed by atoms with Crippen LogP contribution in [0.4, 0.5) is 11.6 Å². The molecule has 0 aliphatic heterocycles. The van der Waals surface area contributed by atoms with Crippen molar-refractivity contribution in [3.05, 3.63) is 48.3 Å². The van der Waals surface area contributed by atoms with Crippen LogP contribution in [0.3, 0.4) is 0 Å². The first-order chi connectivity index (χ1) is 10.1. The number of rotatable bonds is 4. The Morgan fingerprint density at radius 1 is 1.14 bits per heavy atom. The van der Waals surface area contributed by atoms with E-state index in [4.69, 9.17) is 0 Å². The van der Waals surface area contributed by atoms with Gasteiger partial charge in [0.2, 0.25) is 17.8 Å². The minimum Gasteiger partial charge on any atom is -0.316 e. The topological polar surface area (TPSA) is 75.2 Å². The van der Waals surface area contributed by atoms with E-state index in [0.717, 1.165) is 11.3 Å². The van der Waals surface area contributed by atoms with Gasteiger partial charge in [-0.3, -0.25) is 14.9 Å². The number of carbonyl (C=O) groups excluding carboxylic acids is 2. The molecule has 0 atom stereocenters. The highest BCUT2D eigenvalue weighted by Crippen LogP contribution is 2.14. The van der Waals surface area contributed by atoms with Gasteiger partial charge in [-0.05, 0) is 23.8 Å². The van der Waals surface area contributed by atoms with Crippen molar-refractivity contribution in [3.63, 3.8) is 0 Å². The van der Waals surface area contributed by atoms with Crippen LogP contribution in [-0.4, -0.2) is 28.8 Å². The van der Waals surface area contributed by atoms with E-state index >= 15 is 0 Å². The van der Waals surface area contributed by atoms with Gasteiger partial charge < -0.3 is 4.90 Å². The Bertz CT molecular complexity index is 626. The van der Waals surface area contributed by atoms with Gasteiger partial charge in [0, 0.05) is 32.1 Å². The summed E-state index contributed by atoms with van der Waals surface area (Å²) in [7, 11) is 1.71. The molecule has 0 aliphatic carbocycles. The second-order valence-electron chi connectivity index (χ2n) is 4.54. The molecule has 1 aromatic heterocycles. The molecule has 1 aromatic carbocycles. The summed E-state index contributed by atoms with van der Waals surface area (Å²) in [5, 5.41) is 2.62. The Labute approximate surface area is 122 Å². The van der Waals surface area contributed by atoms with Crippen molar-refractivity contribution in [2.24, 2.45) is 0 Å². The summed E-state index contributed by atoms with van der Waals surface area (Å²) in [4.78, 5) is 32.5. The van der Waals surface area contributed by atoms with Crippen molar-refractivity contribution in [2.75, 3.05) is 17.3 Å². The fraction of sp³-hybridized carbons (Fsp3) is 0.200. The smallest absolute Gasteiger partial charge is 0.231 e. The summed E-state index contributed by atoms with van der Waals surface area (Å²) >= 11 is 0. The third-order valence-corrected chi connectivity index (χ3v) is 2.98. The van der Waals surface area contributed by atoms with E-state index in [1.165, 1.54) is 6.92 Å². The second-order valence-corrected chi connectivity index (χ2v) is 4.54. The van der Waals surface area contributed by atoms with Gasteiger partial charge in [-0.1, -0.05) is 12.1 Å². The van der Waals surface area contributed by atoms with E-state index in [1.807, 2.05) is 24.3 Å². The molecular weight excluding hydrogens is 268 g/mol. The van der Waals surface area contributed by atoms with E-state index in [9.17, 15) is 9.59 Å². The SMILES string of the molecule is CC(=O)N(C)c1ccc(CC(=O)Nc2ncccn2)cc1. The van der Waals surface area contributed by atoms with Crippen LogP contribution in [0.2, 0.25) is 0 Å². The zero-order chi connectivity index (χ0) is 15.2. The largest absolute Gasteiger partial charge is 0.316 e. The molecule has 1 heterocycles. The number of amides is 2. The molecule has 6 nitrogen and oxygen atoms in total. The lowest BCUT2D eigenvalue weighted by Gasteiger charge is -2.15. The first-order valence-electron chi connectivity index (χ1n) is 6.46. The minimum atomic E-state index is -0.186. The van der Waals surface area contributed by atoms with Crippen molar-refractivity contribution in [3.8, 4) is 0 Å². The van der Waals surface area contributed by atoms with Gasteiger partial charge in [-0.15, -0.1) is 0 Å². The van der Waals surface area contributed by atoms with Crippen molar-refractivity contribution in [2.45, 2.75) is 13.3 Å². The highest BCUT2D eigenvalue weighted by Gasteiger charge is 2.08. The van der Waals surface area contributed by atoms with E-state index < -0.39 is 0 Å². The quantitative estimate of drug-likeness (QED) is 0.926. The fourth-order valence-corrected chi connectivity index (χ4v) is 1.74. The van der Waals surface area contributed by atoms with Gasteiger partial charge in [-0.25, -0.2) is 9.97 Å². The standard InChI is InChI=1S/C15H16N4O2/c1-11(20)19(2)13-6-4-12(5-7-13)10-14(21)18-15-16-8-3-9-17-15/h3-9H,10H2,1-2H3,(H,16,17,18,21). The Morgan fingerprint density at radius 2 is 1.76 bits per heavy atom. The second kappa shape index (κ2) is 6.60. The number of hydrogen-bond acceptors (Lipinski definition) is 4. The molecule has 0 radical (unpaired) electrons. The summed E-state index contributed by atoms with van der Waals surface area (Å²) in [5.41, 5.74) is 1.64.